The molecule has 170 valence electrons. The summed E-state index contributed by atoms with van der Waals surface area (Å²) in [5, 5.41) is 16.3. The molecule has 0 radical (unpaired) electrons. The number of ether oxygens (including phenoxy) is 1. The van der Waals surface area contributed by atoms with E-state index in [1.54, 1.807) is 18.2 Å². The first kappa shape index (κ1) is 22.2. The Morgan fingerprint density at radius 2 is 1.97 bits per heavy atom. The molecule has 0 aliphatic rings. The summed E-state index contributed by atoms with van der Waals surface area (Å²) >= 11 is 6.35. The van der Waals surface area contributed by atoms with Gasteiger partial charge in [-0.2, -0.15) is 15.1 Å². The number of hydrogen-bond donors (Lipinski definition) is 4. The summed E-state index contributed by atoms with van der Waals surface area (Å²) in [5.41, 5.74) is 1.45. The third-order valence-electron chi connectivity index (χ3n) is 4.55. The lowest BCUT2D eigenvalue weighted by Crippen LogP contribution is -2.35. The van der Waals surface area contributed by atoms with E-state index in [4.69, 9.17) is 16.3 Å². The summed E-state index contributed by atoms with van der Waals surface area (Å²) < 4.78 is 32.7. The summed E-state index contributed by atoms with van der Waals surface area (Å²) in [6.07, 6.45) is 0. The SMILES string of the molecule is CNC(=O)NCCNc1nc(Oc2ccc(F)cc2F)nc2[nH]nc(-c3ccccc3Cl)c12. The number of carbonyl (C=O) groups is 1. The minimum Gasteiger partial charge on any atom is -0.421 e. The molecule has 0 fully saturated rings. The molecule has 2 aromatic heterocycles. The van der Waals surface area contributed by atoms with E-state index >= 15 is 0 Å². The number of benzene rings is 2. The molecule has 33 heavy (non-hydrogen) atoms. The number of halogens is 3. The van der Waals surface area contributed by atoms with Crippen molar-refractivity contribution in [2.75, 3.05) is 25.5 Å². The number of H-pyrrole nitrogens is 1. The smallest absolute Gasteiger partial charge is 0.326 e. The Labute approximate surface area is 191 Å². The fourth-order valence-electron chi connectivity index (χ4n) is 3.03. The molecule has 0 atom stereocenters. The van der Waals surface area contributed by atoms with Crippen LogP contribution in [0.3, 0.4) is 0 Å². The summed E-state index contributed by atoms with van der Waals surface area (Å²) in [4.78, 5) is 20.0. The standard InChI is InChI=1S/C21H18ClF2N7O2/c1-25-20(32)27-9-8-26-18-16-17(12-4-2-3-5-13(12)22)30-31-19(16)29-21(28-18)33-15-7-6-11(23)10-14(15)24/h2-7,10H,8-9H2,1H3,(H2,25,27,32)(H2,26,28,29,30,31). The Bertz CT molecular complexity index is 1320. The van der Waals surface area contributed by atoms with E-state index in [9.17, 15) is 13.6 Å². The number of aromatic nitrogens is 4. The first-order valence-corrected chi connectivity index (χ1v) is 10.2. The van der Waals surface area contributed by atoms with Crippen LogP contribution in [0.25, 0.3) is 22.3 Å². The second-order valence-corrected chi connectivity index (χ2v) is 7.15. The number of anilines is 1. The Hall–Kier alpha value is -3.99. The number of carbonyl (C=O) groups excluding carboxylic acids is 1. The zero-order valence-electron chi connectivity index (χ0n) is 17.2. The quantitative estimate of drug-likeness (QED) is 0.300. The molecular formula is C21H18ClF2N7O2. The molecule has 0 aliphatic carbocycles. The number of aromatic amines is 1. The van der Waals surface area contributed by atoms with E-state index in [1.165, 1.54) is 7.05 Å². The monoisotopic (exact) mass is 473 g/mol. The zero-order chi connectivity index (χ0) is 23.4. The van der Waals surface area contributed by atoms with Gasteiger partial charge in [-0.05, 0) is 18.2 Å². The summed E-state index contributed by atoms with van der Waals surface area (Å²) in [6, 6.07) is 9.52. The average molecular weight is 474 g/mol. The summed E-state index contributed by atoms with van der Waals surface area (Å²) in [5.74, 6) is -1.56. The molecule has 4 N–H and O–H groups in total. The van der Waals surface area contributed by atoms with Crippen molar-refractivity contribution in [2.24, 2.45) is 0 Å². The lowest BCUT2D eigenvalue weighted by molar-refractivity contribution is 0.243. The highest BCUT2D eigenvalue weighted by atomic mass is 35.5. The molecule has 2 aromatic carbocycles. The highest BCUT2D eigenvalue weighted by Crippen LogP contribution is 2.35. The second-order valence-electron chi connectivity index (χ2n) is 6.74. The van der Waals surface area contributed by atoms with Crippen LogP contribution in [-0.4, -0.2) is 46.3 Å². The van der Waals surface area contributed by atoms with Gasteiger partial charge in [-0.25, -0.2) is 13.6 Å². The van der Waals surface area contributed by atoms with Gasteiger partial charge < -0.3 is 20.7 Å². The van der Waals surface area contributed by atoms with Gasteiger partial charge in [-0.1, -0.05) is 29.8 Å². The summed E-state index contributed by atoms with van der Waals surface area (Å²) in [6.45, 7) is 0.588. The van der Waals surface area contributed by atoms with E-state index in [2.05, 4.69) is 36.1 Å². The highest BCUT2D eigenvalue weighted by molar-refractivity contribution is 6.33. The minimum absolute atomic E-state index is 0.191. The number of urea groups is 1. The number of nitrogens with one attached hydrogen (secondary N) is 4. The predicted octanol–water partition coefficient (Wildman–Crippen LogP) is 4.08. The Morgan fingerprint density at radius 3 is 2.73 bits per heavy atom. The molecule has 2 heterocycles. The van der Waals surface area contributed by atoms with Crippen molar-refractivity contribution in [2.45, 2.75) is 0 Å². The maximum absolute atomic E-state index is 14.1. The van der Waals surface area contributed by atoms with Gasteiger partial charge in [0.25, 0.3) is 0 Å². The third kappa shape index (κ3) is 4.93. The number of hydrogen-bond acceptors (Lipinski definition) is 6. The van der Waals surface area contributed by atoms with Gasteiger partial charge in [0, 0.05) is 31.8 Å². The largest absolute Gasteiger partial charge is 0.421 e. The average Bonchev–Trinajstić information content (AvgIpc) is 3.22. The Balaban J connectivity index is 1.72. The zero-order valence-corrected chi connectivity index (χ0v) is 18.0. The van der Waals surface area contributed by atoms with Gasteiger partial charge in [0.1, 0.15) is 17.3 Å². The van der Waals surface area contributed by atoms with E-state index in [-0.39, 0.29) is 24.3 Å². The van der Waals surface area contributed by atoms with Crippen molar-refractivity contribution in [3.05, 3.63) is 59.1 Å². The van der Waals surface area contributed by atoms with Crippen molar-refractivity contribution in [1.29, 1.82) is 0 Å². The first-order chi connectivity index (χ1) is 16.0. The van der Waals surface area contributed by atoms with Gasteiger partial charge in [0.05, 0.1) is 10.4 Å². The third-order valence-corrected chi connectivity index (χ3v) is 4.88. The van der Waals surface area contributed by atoms with Crippen LogP contribution < -0.4 is 20.7 Å². The van der Waals surface area contributed by atoms with Gasteiger partial charge in [0.2, 0.25) is 0 Å². The normalized spacial score (nSPS) is 10.8. The molecular weight excluding hydrogens is 456 g/mol. The minimum atomic E-state index is -0.899. The van der Waals surface area contributed by atoms with Gasteiger partial charge in [-0.15, -0.1) is 0 Å². The van der Waals surface area contributed by atoms with Crippen LogP contribution in [0.5, 0.6) is 11.8 Å². The van der Waals surface area contributed by atoms with Crippen LogP contribution in [-0.2, 0) is 0 Å². The lowest BCUT2D eigenvalue weighted by Gasteiger charge is -2.11. The molecule has 4 aromatic rings. The molecule has 4 rings (SSSR count). The Kier molecular flexibility index (Phi) is 6.50. The number of rotatable bonds is 7. The Morgan fingerprint density at radius 1 is 1.15 bits per heavy atom. The molecule has 0 aliphatic heterocycles. The molecule has 9 nitrogen and oxygen atoms in total. The second kappa shape index (κ2) is 9.65. The van der Waals surface area contributed by atoms with Crippen molar-refractivity contribution < 1.29 is 18.3 Å². The maximum atomic E-state index is 14.1. The van der Waals surface area contributed by atoms with E-state index in [0.29, 0.717) is 45.7 Å². The van der Waals surface area contributed by atoms with Crippen LogP contribution in [0.15, 0.2) is 42.5 Å². The van der Waals surface area contributed by atoms with Crippen LogP contribution in [0, 0.1) is 11.6 Å². The van der Waals surface area contributed by atoms with Crippen molar-refractivity contribution in [3.63, 3.8) is 0 Å². The molecule has 0 bridgehead atoms. The van der Waals surface area contributed by atoms with Gasteiger partial charge in [0.15, 0.2) is 17.2 Å². The molecule has 0 unspecified atom stereocenters. The van der Waals surface area contributed by atoms with Crippen LogP contribution in [0.1, 0.15) is 0 Å². The number of fused-ring (bicyclic) bond motifs is 1. The number of nitrogens with zero attached hydrogens (tertiary/aromatic N) is 3. The topological polar surface area (TPSA) is 117 Å². The van der Waals surface area contributed by atoms with Gasteiger partial charge >= 0.3 is 12.0 Å². The lowest BCUT2D eigenvalue weighted by atomic mass is 10.1. The van der Waals surface area contributed by atoms with Crippen molar-refractivity contribution in [3.8, 4) is 23.0 Å². The fourth-order valence-corrected chi connectivity index (χ4v) is 3.26. The van der Waals surface area contributed by atoms with E-state index < -0.39 is 11.6 Å². The van der Waals surface area contributed by atoms with E-state index in [0.717, 1.165) is 12.1 Å². The summed E-state index contributed by atoms with van der Waals surface area (Å²) in [7, 11) is 1.51. The number of amides is 2. The molecule has 2 amide bonds. The van der Waals surface area contributed by atoms with Gasteiger partial charge in [-0.3, -0.25) is 5.10 Å². The first-order valence-electron chi connectivity index (χ1n) is 9.79. The fraction of sp³-hybridized carbons (Fsp3) is 0.143. The van der Waals surface area contributed by atoms with Crippen LogP contribution in [0.4, 0.5) is 19.4 Å². The highest BCUT2D eigenvalue weighted by Gasteiger charge is 2.19. The molecule has 0 saturated carbocycles. The van der Waals surface area contributed by atoms with Crippen LogP contribution in [0.2, 0.25) is 5.02 Å². The maximum Gasteiger partial charge on any atom is 0.326 e. The van der Waals surface area contributed by atoms with Crippen LogP contribution >= 0.6 is 11.6 Å². The van der Waals surface area contributed by atoms with E-state index in [1.807, 2.05) is 6.07 Å². The molecule has 0 saturated heterocycles. The van der Waals surface area contributed by atoms with Crippen molar-refractivity contribution in [1.82, 2.24) is 30.8 Å². The molecule has 12 heteroatoms. The predicted molar refractivity (Wildman–Crippen MR) is 120 cm³/mol. The van der Waals surface area contributed by atoms with Crippen molar-refractivity contribution >= 4 is 34.5 Å². The molecule has 0 spiro atoms.